The van der Waals surface area contributed by atoms with Crippen LogP contribution in [-0.2, 0) is 9.53 Å². The van der Waals surface area contributed by atoms with Gasteiger partial charge in [-0.2, -0.15) is 0 Å². The van der Waals surface area contributed by atoms with Crippen molar-refractivity contribution < 1.29 is 24.5 Å². The van der Waals surface area contributed by atoms with Crippen LogP contribution >= 0.6 is 0 Å². The minimum atomic E-state index is -0.948. The molecule has 0 radical (unpaired) electrons. The molecule has 0 spiro atoms. The maximum atomic E-state index is 12.2. The molecule has 2 rings (SSSR count). The molecule has 2 fully saturated rings. The number of nitrogens with one attached hydrogen (secondary N) is 1. The first kappa shape index (κ1) is 16.0. The lowest BCUT2D eigenvalue weighted by molar-refractivity contribution is -0.149. The van der Waals surface area contributed by atoms with Crippen molar-refractivity contribution in [1.29, 1.82) is 0 Å². The van der Waals surface area contributed by atoms with Crippen molar-refractivity contribution in [3.63, 3.8) is 0 Å². The van der Waals surface area contributed by atoms with Gasteiger partial charge in [-0.15, -0.1) is 0 Å². The third kappa shape index (κ3) is 4.31. The van der Waals surface area contributed by atoms with Crippen molar-refractivity contribution in [2.45, 2.75) is 56.8 Å². The second-order valence-corrected chi connectivity index (χ2v) is 5.73. The minimum absolute atomic E-state index is 0.0194. The second kappa shape index (κ2) is 7.61. The van der Waals surface area contributed by atoms with E-state index in [-0.39, 0.29) is 24.8 Å². The number of urea groups is 1. The average molecular weight is 300 g/mol. The molecule has 0 aromatic heterocycles. The zero-order valence-corrected chi connectivity index (χ0v) is 12.2. The van der Waals surface area contributed by atoms with Crippen LogP contribution in [0, 0.1) is 0 Å². The monoisotopic (exact) mass is 300 g/mol. The van der Waals surface area contributed by atoms with Gasteiger partial charge in [0.25, 0.3) is 0 Å². The van der Waals surface area contributed by atoms with Crippen molar-refractivity contribution in [1.82, 2.24) is 10.2 Å². The van der Waals surface area contributed by atoms with Crippen molar-refractivity contribution in [3.05, 3.63) is 0 Å². The Balaban J connectivity index is 1.79. The summed E-state index contributed by atoms with van der Waals surface area (Å²) in [6.07, 6.45) is 4.01. The first-order valence-corrected chi connectivity index (χ1v) is 7.65. The molecule has 0 aromatic rings. The molecule has 0 bridgehead atoms. The molecule has 2 heterocycles. The van der Waals surface area contributed by atoms with Gasteiger partial charge in [-0.25, -0.2) is 9.59 Å². The van der Waals surface area contributed by atoms with Crippen molar-refractivity contribution >= 4 is 12.0 Å². The first-order valence-electron chi connectivity index (χ1n) is 7.65. The van der Waals surface area contributed by atoms with Crippen LogP contribution < -0.4 is 5.32 Å². The van der Waals surface area contributed by atoms with E-state index in [1.807, 2.05) is 0 Å². The van der Waals surface area contributed by atoms with E-state index in [2.05, 4.69) is 5.32 Å². The Labute approximate surface area is 124 Å². The van der Waals surface area contributed by atoms with Crippen LogP contribution in [0.5, 0.6) is 0 Å². The Morgan fingerprint density at radius 1 is 1.19 bits per heavy atom. The molecule has 7 heteroatoms. The van der Waals surface area contributed by atoms with Crippen LogP contribution in [0.3, 0.4) is 0 Å². The Bertz CT molecular complexity index is 376. The summed E-state index contributed by atoms with van der Waals surface area (Å²) in [7, 11) is 0. The molecule has 3 atom stereocenters. The van der Waals surface area contributed by atoms with E-state index in [0.29, 0.717) is 25.9 Å². The topological polar surface area (TPSA) is 99.1 Å². The van der Waals surface area contributed by atoms with Crippen LogP contribution in [0.4, 0.5) is 4.79 Å². The molecule has 0 aliphatic carbocycles. The van der Waals surface area contributed by atoms with Gasteiger partial charge in [-0.05, 0) is 25.7 Å². The number of ether oxygens (including phenoxy) is 1. The lowest BCUT2D eigenvalue weighted by Gasteiger charge is -2.29. The van der Waals surface area contributed by atoms with Crippen LogP contribution in [0.15, 0.2) is 0 Å². The van der Waals surface area contributed by atoms with Crippen LogP contribution in [0.25, 0.3) is 0 Å². The van der Waals surface area contributed by atoms with Gasteiger partial charge in [-0.3, -0.25) is 0 Å². The van der Waals surface area contributed by atoms with E-state index < -0.39 is 12.1 Å². The third-order valence-electron chi connectivity index (χ3n) is 4.21. The molecule has 3 N–H and O–H groups in total. The Kier molecular flexibility index (Phi) is 5.81. The SMILES string of the molecule is O=C(O)C1CCC(CNC(=O)N2CCCCCC2CO)O1. The van der Waals surface area contributed by atoms with Crippen LogP contribution in [0.2, 0.25) is 0 Å². The van der Waals surface area contributed by atoms with Crippen molar-refractivity contribution in [2.24, 2.45) is 0 Å². The lowest BCUT2D eigenvalue weighted by Crippen LogP contribution is -2.49. The lowest BCUT2D eigenvalue weighted by atomic mass is 10.1. The number of hydrogen-bond donors (Lipinski definition) is 3. The highest BCUT2D eigenvalue weighted by Crippen LogP contribution is 2.20. The van der Waals surface area contributed by atoms with Gasteiger partial charge in [0.05, 0.1) is 18.8 Å². The fourth-order valence-corrected chi connectivity index (χ4v) is 2.97. The number of aliphatic hydroxyl groups is 1. The highest BCUT2D eigenvalue weighted by molar-refractivity contribution is 5.75. The maximum Gasteiger partial charge on any atom is 0.332 e. The quantitative estimate of drug-likeness (QED) is 0.705. The summed E-state index contributed by atoms with van der Waals surface area (Å²) in [4.78, 5) is 24.7. The largest absolute Gasteiger partial charge is 0.479 e. The van der Waals surface area contributed by atoms with Crippen molar-refractivity contribution in [2.75, 3.05) is 19.7 Å². The number of aliphatic hydroxyl groups excluding tert-OH is 1. The van der Waals surface area contributed by atoms with Gasteiger partial charge in [0, 0.05) is 13.1 Å². The molecular weight excluding hydrogens is 276 g/mol. The van der Waals surface area contributed by atoms with Gasteiger partial charge < -0.3 is 25.2 Å². The number of rotatable bonds is 4. The van der Waals surface area contributed by atoms with Crippen LogP contribution in [0.1, 0.15) is 38.5 Å². The Hall–Kier alpha value is -1.34. The molecule has 21 heavy (non-hydrogen) atoms. The average Bonchev–Trinajstić information content (AvgIpc) is 2.82. The standard InChI is InChI=1S/C14H24N2O5/c17-9-10-4-2-1-3-7-16(10)14(20)15-8-11-5-6-12(21-11)13(18)19/h10-12,17H,1-9H2,(H,15,20)(H,18,19). The van der Waals surface area contributed by atoms with Crippen LogP contribution in [-0.4, -0.2) is 65.1 Å². The van der Waals surface area contributed by atoms with E-state index in [4.69, 9.17) is 9.84 Å². The first-order chi connectivity index (χ1) is 10.1. The summed E-state index contributed by atoms with van der Waals surface area (Å²) in [6.45, 7) is 0.950. The smallest absolute Gasteiger partial charge is 0.332 e. The van der Waals surface area contributed by atoms with Gasteiger partial charge >= 0.3 is 12.0 Å². The van der Waals surface area contributed by atoms with E-state index >= 15 is 0 Å². The number of hydrogen-bond acceptors (Lipinski definition) is 4. The number of carbonyl (C=O) groups is 2. The molecular formula is C14H24N2O5. The summed E-state index contributed by atoms with van der Waals surface area (Å²) in [5.74, 6) is -0.948. The van der Waals surface area contributed by atoms with Gasteiger partial charge in [0.1, 0.15) is 0 Å². The summed E-state index contributed by atoms with van der Waals surface area (Å²) in [6, 6.07) is -0.318. The molecule has 0 aromatic carbocycles. The zero-order chi connectivity index (χ0) is 15.2. The fourth-order valence-electron chi connectivity index (χ4n) is 2.97. The Morgan fingerprint density at radius 2 is 2.00 bits per heavy atom. The number of aliphatic carboxylic acids is 1. The molecule has 7 nitrogen and oxygen atoms in total. The number of carbonyl (C=O) groups excluding carboxylic acids is 1. The summed E-state index contributed by atoms with van der Waals surface area (Å²) in [5.41, 5.74) is 0. The molecule has 2 aliphatic heterocycles. The number of amides is 2. The number of carboxylic acids is 1. The molecule has 2 amide bonds. The fraction of sp³-hybridized carbons (Fsp3) is 0.857. The van der Waals surface area contributed by atoms with E-state index in [0.717, 1.165) is 25.7 Å². The molecule has 0 saturated carbocycles. The summed E-state index contributed by atoms with van der Waals surface area (Å²) in [5, 5.41) is 21.1. The predicted octanol–water partition coefficient (Wildman–Crippen LogP) is 0.565. The zero-order valence-electron chi connectivity index (χ0n) is 12.2. The highest BCUT2D eigenvalue weighted by Gasteiger charge is 2.31. The molecule has 120 valence electrons. The maximum absolute atomic E-state index is 12.2. The normalized spacial score (nSPS) is 30.0. The van der Waals surface area contributed by atoms with Gasteiger partial charge in [0.15, 0.2) is 6.10 Å². The Morgan fingerprint density at radius 3 is 2.67 bits per heavy atom. The van der Waals surface area contributed by atoms with E-state index in [1.54, 1.807) is 4.90 Å². The van der Waals surface area contributed by atoms with E-state index in [9.17, 15) is 14.7 Å². The third-order valence-corrected chi connectivity index (χ3v) is 4.21. The number of likely N-dealkylation sites (tertiary alicyclic amines) is 1. The van der Waals surface area contributed by atoms with Gasteiger partial charge in [-0.1, -0.05) is 12.8 Å². The molecule has 2 aliphatic rings. The second-order valence-electron chi connectivity index (χ2n) is 5.73. The summed E-state index contributed by atoms with van der Waals surface area (Å²) >= 11 is 0. The predicted molar refractivity (Wildman–Crippen MR) is 75.0 cm³/mol. The highest BCUT2D eigenvalue weighted by atomic mass is 16.5. The van der Waals surface area contributed by atoms with Crippen molar-refractivity contribution in [3.8, 4) is 0 Å². The molecule has 2 saturated heterocycles. The number of carboxylic acid groups (broad SMARTS) is 1. The number of nitrogens with zero attached hydrogens (tertiary/aromatic N) is 1. The van der Waals surface area contributed by atoms with Gasteiger partial charge in [0.2, 0.25) is 0 Å². The summed E-state index contributed by atoms with van der Waals surface area (Å²) < 4.78 is 5.36. The minimum Gasteiger partial charge on any atom is -0.479 e. The molecule has 3 unspecified atom stereocenters. The van der Waals surface area contributed by atoms with E-state index in [1.165, 1.54) is 0 Å².